The summed E-state index contributed by atoms with van der Waals surface area (Å²) in [7, 11) is 1.67. The van der Waals surface area contributed by atoms with Gasteiger partial charge in [-0.05, 0) is 12.1 Å². The number of benzene rings is 1. The topological polar surface area (TPSA) is 73.4 Å². The lowest BCUT2D eigenvalue weighted by molar-refractivity contribution is -0.131. The highest BCUT2D eigenvalue weighted by molar-refractivity contribution is 5.75. The first-order valence-electron chi connectivity index (χ1n) is 6.45. The minimum atomic E-state index is -0.354. The second-order valence-electron chi connectivity index (χ2n) is 4.59. The minimum Gasteiger partial charge on any atom is -0.492 e. The number of likely N-dealkylation sites (N-methyl/N-ethyl adjacent to an activating group) is 1. The first-order chi connectivity index (χ1) is 10.0. The van der Waals surface area contributed by atoms with Crippen LogP contribution in [-0.4, -0.2) is 40.8 Å². The van der Waals surface area contributed by atoms with Gasteiger partial charge in [-0.25, -0.2) is 4.39 Å². The summed E-state index contributed by atoms with van der Waals surface area (Å²) in [5, 5.41) is 3.95. The van der Waals surface area contributed by atoms with Crippen LogP contribution in [0, 0.1) is 5.82 Å². The van der Waals surface area contributed by atoms with Gasteiger partial charge in [-0.2, -0.15) is 5.10 Å². The molecular weight excluding hydrogens is 275 g/mol. The molecule has 1 amide bonds. The fourth-order valence-electron chi connectivity index (χ4n) is 1.71. The van der Waals surface area contributed by atoms with Crippen LogP contribution in [0.2, 0.25) is 0 Å². The van der Waals surface area contributed by atoms with Crippen molar-refractivity contribution in [2.45, 2.75) is 6.54 Å². The molecule has 1 heterocycles. The molecular formula is C14H17FN4O2. The summed E-state index contributed by atoms with van der Waals surface area (Å²) in [6.45, 7) is 0.798. The summed E-state index contributed by atoms with van der Waals surface area (Å²) in [5.41, 5.74) is 6.04. The van der Waals surface area contributed by atoms with Crippen LogP contribution in [0.5, 0.6) is 5.75 Å². The van der Waals surface area contributed by atoms with E-state index in [0.717, 1.165) is 0 Å². The molecule has 2 N–H and O–H groups in total. The molecule has 0 spiro atoms. The smallest absolute Gasteiger partial charge is 0.244 e. The Labute approximate surface area is 121 Å². The molecule has 2 rings (SSSR count). The zero-order chi connectivity index (χ0) is 15.2. The number of nitrogens with zero attached hydrogens (tertiary/aromatic N) is 3. The minimum absolute atomic E-state index is 0.110. The third kappa shape index (κ3) is 4.48. The number of aromatic nitrogens is 2. The highest BCUT2D eigenvalue weighted by Gasteiger charge is 2.10. The van der Waals surface area contributed by atoms with E-state index in [1.54, 1.807) is 25.4 Å². The van der Waals surface area contributed by atoms with Crippen LogP contribution in [0.1, 0.15) is 0 Å². The third-order valence-electron chi connectivity index (χ3n) is 2.87. The number of hydrogen-bond acceptors (Lipinski definition) is 4. The molecule has 0 radical (unpaired) electrons. The zero-order valence-electron chi connectivity index (χ0n) is 11.7. The molecule has 0 fully saturated rings. The van der Waals surface area contributed by atoms with Gasteiger partial charge in [0.1, 0.15) is 24.7 Å². The highest BCUT2D eigenvalue weighted by Crippen LogP contribution is 2.11. The fraction of sp³-hybridized carbons (Fsp3) is 0.286. The van der Waals surface area contributed by atoms with Gasteiger partial charge in [-0.15, -0.1) is 0 Å². The number of amides is 1. The number of carbonyl (C=O) groups is 1. The van der Waals surface area contributed by atoms with Crippen molar-refractivity contribution in [3.05, 3.63) is 42.5 Å². The van der Waals surface area contributed by atoms with Crippen molar-refractivity contribution in [1.82, 2.24) is 14.7 Å². The van der Waals surface area contributed by atoms with Crippen LogP contribution >= 0.6 is 0 Å². The van der Waals surface area contributed by atoms with Gasteiger partial charge in [0.25, 0.3) is 0 Å². The highest BCUT2D eigenvalue weighted by atomic mass is 19.1. The van der Waals surface area contributed by atoms with Crippen molar-refractivity contribution in [1.29, 1.82) is 0 Å². The predicted octanol–water partition coefficient (Wildman–Crippen LogP) is 1.14. The first-order valence-corrected chi connectivity index (χ1v) is 6.45. The van der Waals surface area contributed by atoms with E-state index in [2.05, 4.69) is 5.10 Å². The maximum atomic E-state index is 13.0. The Kier molecular flexibility index (Phi) is 4.76. The third-order valence-corrected chi connectivity index (χ3v) is 2.87. The normalized spacial score (nSPS) is 10.4. The van der Waals surface area contributed by atoms with E-state index in [1.807, 2.05) is 0 Å². The van der Waals surface area contributed by atoms with Gasteiger partial charge < -0.3 is 15.4 Å². The van der Waals surface area contributed by atoms with Crippen LogP contribution in [0.4, 0.5) is 10.1 Å². The van der Waals surface area contributed by atoms with E-state index in [1.165, 1.54) is 27.9 Å². The van der Waals surface area contributed by atoms with Gasteiger partial charge >= 0.3 is 0 Å². The number of nitrogens with two attached hydrogens (primary N) is 1. The summed E-state index contributed by atoms with van der Waals surface area (Å²) in [6, 6.07) is 5.88. The maximum absolute atomic E-state index is 13.0. The Morgan fingerprint density at radius 2 is 2.33 bits per heavy atom. The molecule has 0 atom stereocenters. The molecule has 0 bridgehead atoms. The Morgan fingerprint density at radius 1 is 1.52 bits per heavy atom. The van der Waals surface area contributed by atoms with Crippen molar-refractivity contribution < 1.29 is 13.9 Å². The molecule has 0 aliphatic rings. The number of nitrogen functional groups attached to an aromatic ring is 1. The molecule has 0 saturated heterocycles. The molecule has 0 unspecified atom stereocenters. The SMILES string of the molecule is CN(CCOc1cccc(F)c1)C(=O)Cn1cc(N)cn1. The standard InChI is InChI=1S/C14H17FN4O2/c1-18(14(20)10-19-9-12(16)8-17-19)5-6-21-13-4-2-3-11(15)7-13/h2-4,7-9H,5-6,10,16H2,1H3. The van der Waals surface area contributed by atoms with E-state index in [-0.39, 0.29) is 24.9 Å². The average Bonchev–Trinajstić information content (AvgIpc) is 2.84. The second-order valence-corrected chi connectivity index (χ2v) is 4.59. The van der Waals surface area contributed by atoms with Crippen LogP contribution in [-0.2, 0) is 11.3 Å². The van der Waals surface area contributed by atoms with E-state index in [4.69, 9.17) is 10.5 Å². The lowest BCUT2D eigenvalue weighted by Crippen LogP contribution is -2.33. The van der Waals surface area contributed by atoms with Gasteiger partial charge in [0.05, 0.1) is 18.4 Å². The predicted molar refractivity (Wildman–Crippen MR) is 76.2 cm³/mol. The Bertz CT molecular complexity index is 615. The lowest BCUT2D eigenvalue weighted by Gasteiger charge is -2.17. The Hall–Kier alpha value is -2.57. The van der Waals surface area contributed by atoms with E-state index < -0.39 is 0 Å². The molecule has 0 aliphatic carbocycles. The van der Waals surface area contributed by atoms with Crippen molar-refractivity contribution in [2.75, 3.05) is 25.9 Å². The number of carbonyl (C=O) groups excluding carboxylic acids is 1. The van der Waals surface area contributed by atoms with E-state index in [0.29, 0.717) is 18.0 Å². The fourth-order valence-corrected chi connectivity index (χ4v) is 1.71. The molecule has 112 valence electrons. The zero-order valence-corrected chi connectivity index (χ0v) is 11.7. The molecule has 0 aliphatic heterocycles. The van der Waals surface area contributed by atoms with Gasteiger partial charge in [0.15, 0.2) is 0 Å². The van der Waals surface area contributed by atoms with Crippen LogP contribution in [0.15, 0.2) is 36.7 Å². The molecule has 6 nitrogen and oxygen atoms in total. The average molecular weight is 292 g/mol. The maximum Gasteiger partial charge on any atom is 0.244 e. The second kappa shape index (κ2) is 6.74. The quantitative estimate of drug-likeness (QED) is 0.866. The van der Waals surface area contributed by atoms with Crippen molar-refractivity contribution in [3.63, 3.8) is 0 Å². The van der Waals surface area contributed by atoms with Gasteiger partial charge in [0.2, 0.25) is 5.91 Å². The number of rotatable bonds is 6. The molecule has 0 saturated carbocycles. The van der Waals surface area contributed by atoms with Crippen LogP contribution < -0.4 is 10.5 Å². The van der Waals surface area contributed by atoms with Gasteiger partial charge in [0, 0.05) is 19.3 Å². The molecule has 21 heavy (non-hydrogen) atoms. The number of halogens is 1. The molecule has 1 aromatic heterocycles. The van der Waals surface area contributed by atoms with Crippen LogP contribution in [0.25, 0.3) is 0 Å². The van der Waals surface area contributed by atoms with Crippen molar-refractivity contribution >= 4 is 11.6 Å². The summed E-state index contributed by atoms with van der Waals surface area (Å²) >= 11 is 0. The van der Waals surface area contributed by atoms with E-state index in [9.17, 15) is 9.18 Å². The summed E-state index contributed by atoms with van der Waals surface area (Å²) in [5.74, 6) is -0.0233. The Morgan fingerprint density at radius 3 is 3.00 bits per heavy atom. The van der Waals surface area contributed by atoms with Crippen LogP contribution in [0.3, 0.4) is 0 Å². The molecule has 1 aromatic carbocycles. The van der Waals surface area contributed by atoms with Gasteiger partial charge in [-0.3, -0.25) is 9.48 Å². The first kappa shape index (κ1) is 14.8. The van der Waals surface area contributed by atoms with Crippen molar-refractivity contribution in [2.24, 2.45) is 0 Å². The summed E-state index contributed by atoms with van der Waals surface area (Å²) in [4.78, 5) is 13.5. The number of anilines is 1. The largest absolute Gasteiger partial charge is 0.492 e. The Balaban J connectivity index is 1.76. The monoisotopic (exact) mass is 292 g/mol. The van der Waals surface area contributed by atoms with E-state index >= 15 is 0 Å². The molecule has 2 aromatic rings. The lowest BCUT2D eigenvalue weighted by atomic mass is 10.3. The van der Waals surface area contributed by atoms with Crippen molar-refractivity contribution in [3.8, 4) is 5.75 Å². The van der Waals surface area contributed by atoms with Gasteiger partial charge in [-0.1, -0.05) is 6.07 Å². The summed E-state index contributed by atoms with van der Waals surface area (Å²) in [6.07, 6.45) is 3.08. The number of ether oxygens (including phenoxy) is 1. The summed E-state index contributed by atoms with van der Waals surface area (Å²) < 4.78 is 19.8. The number of hydrogen-bond donors (Lipinski definition) is 1. The molecule has 7 heteroatoms.